The predicted molar refractivity (Wildman–Crippen MR) is 101 cm³/mol. The minimum absolute atomic E-state index is 0.0150. The van der Waals surface area contributed by atoms with Crippen molar-refractivity contribution < 1.29 is 19.0 Å². The Labute approximate surface area is 157 Å². The second-order valence-corrected chi connectivity index (χ2v) is 9.81. The van der Waals surface area contributed by atoms with Crippen molar-refractivity contribution in [2.45, 2.75) is 38.4 Å². The number of ketones is 1. The van der Waals surface area contributed by atoms with Gasteiger partial charge in [0.1, 0.15) is 12.7 Å². The van der Waals surface area contributed by atoms with Gasteiger partial charge >= 0.3 is 0 Å². The molecule has 0 aromatic heterocycles. The van der Waals surface area contributed by atoms with Crippen molar-refractivity contribution in [3.63, 3.8) is 0 Å². The van der Waals surface area contributed by atoms with Gasteiger partial charge in [0.15, 0.2) is 17.7 Å². The van der Waals surface area contributed by atoms with Gasteiger partial charge in [0.25, 0.3) is 0 Å². The van der Waals surface area contributed by atoms with Gasteiger partial charge < -0.3 is 14.2 Å². The summed E-state index contributed by atoms with van der Waals surface area (Å²) in [5.74, 6) is -0.860. The Bertz CT molecular complexity index is 538. The molecule has 2 rings (SSSR count). The fraction of sp³-hybridized carbons (Fsp3) is 0.438. The lowest BCUT2D eigenvalue weighted by Gasteiger charge is -2.16. The van der Waals surface area contributed by atoms with Crippen LogP contribution in [0.3, 0.4) is 0 Å². The lowest BCUT2D eigenvalue weighted by molar-refractivity contribution is -0.156. The van der Waals surface area contributed by atoms with Crippen molar-refractivity contribution in [3.8, 4) is 0 Å². The first-order chi connectivity index (χ1) is 10.4. The van der Waals surface area contributed by atoms with Crippen LogP contribution in [0.5, 0.6) is 0 Å². The zero-order valence-corrected chi connectivity index (χ0v) is 16.7. The number of ether oxygens (including phenoxy) is 3. The number of rotatable bonds is 6. The summed E-state index contributed by atoms with van der Waals surface area (Å²) in [5.41, 5.74) is 1.04. The van der Waals surface area contributed by atoms with Crippen LogP contribution in [0.25, 0.3) is 0 Å². The summed E-state index contributed by atoms with van der Waals surface area (Å²) < 4.78 is 18.0. The summed E-state index contributed by atoms with van der Waals surface area (Å²) in [5, 5.41) is 0. The molecule has 1 aliphatic rings. The summed E-state index contributed by atoms with van der Waals surface area (Å²) in [6.45, 7) is 4.05. The van der Waals surface area contributed by atoms with Gasteiger partial charge in [-0.2, -0.15) is 0 Å². The molecule has 2 atom stereocenters. The maximum absolute atomic E-state index is 12.4. The molecule has 1 aromatic rings. The topological polar surface area (TPSA) is 44.8 Å². The molecule has 0 unspecified atom stereocenters. The molecule has 0 radical (unpaired) electrons. The first kappa shape index (κ1) is 18.3. The molecule has 0 spiro atoms. The fourth-order valence-electron chi connectivity index (χ4n) is 2.21. The van der Waals surface area contributed by atoms with Gasteiger partial charge in [-0.3, -0.25) is 4.79 Å². The molecule has 4 nitrogen and oxygen atoms in total. The molecule has 0 saturated carbocycles. The normalized spacial score (nSPS) is 23.3. The van der Waals surface area contributed by atoms with Crippen molar-refractivity contribution in [1.29, 1.82) is 0 Å². The monoisotopic (exact) mass is 528 g/mol. The number of benzene rings is 1. The third kappa shape index (κ3) is 5.55. The smallest absolute Gasteiger partial charge is 0.190 e. The van der Waals surface area contributed by atoms with Crippen LogP contribution in [0.4, 0.5) is 0 Å². The molecule has 1 saturated heterocycles. The van der Waals surface area contributed by atoms with E-state index in [1.54, 1.807) is 0 Å². The highest BCUT2D eigenvalue weighted by Gasteiger charge is 2.43. The highest BCUT2D eigenvalue weighted by molar-refractivity contribution is 14.2. The summed E-state index contributed by atoms with van der Waals surface area (Å²) in [7, 11) is 0. The maximum atomic E-state index is 12.4. The number of Topliss-reactive ketones (excluding diaryl/α,β-unsaturated/α-hetero) is 1. The van der Waals surface area contributed by atoms with E-state index >= 15 is 0 Å². The number of hydrogen-bond acceptors (Lipinski definition) is 4. The molecule has 0 N–H and O–H groups in total. The van der Waals surface area contributed by atoms with E-state index in [0.29, 0.717) is 6.61 Å². The van der Waals surface area contributed by atoms with Crippen LogP contribution in [-0.2, 0) is 25.6 Å². The highest BCUT2D eigenvalue weighted by atomic mass is 127. The number of hydrogen-bond donors (Lipinski definition) is 0. The van der Waals surface area contributed by atoms with Crippen LogP contribution in [-0.4, -0.2) is 30.4 Å². The van der Waals surface area contributed by atoms with E-state index in [9.17, 15) is 4.79 Å². The molecule has 1 heterocycles. The van der Waals surface area contributed by atoms with Crippen molar-refractivity contribution in [1.82, 2.24) is 0 Å². The molecular formula is C16H18I2O4. The van der Waals surface area contributed by atoms with Crippen molar-refractivity contribution in [2.75, 3.05) is 6.61 Å². The Morgan fingerprint density at radius 3 is 2.59 bits per heavy atom. The van der Waals surface area contributed by atoms with E-state index in [0.717, 1.165) is 7.15 Å². The number of halogens is 2. The van der Waals surface area contributed by atoms with Gasteiger partial charge in [-0.1, -0.05) is 30.3 Å². The van der Waals surface area contributed by atoms with Crippen LogP contribution in [0.15, 0.2) is 38.0 Å². The van der Waals surface area contributed by atoms with Gasteiger partial charge in [-0.15, -0.1) is 0 Å². The molecule has 1 aliphatic heterocycles. The third-order valence-electron chi connectivity index (χ3n) is 3.09. The molecule has 6 heteroatoms. The number of carbonyl (C=O) groups is 1. The Morgan fingerprint density at radius 2 is 1.95 bits per heavy atom. The first-order valence-electron chi connectivity index (χ1n) is 6.90. The van der Waals surface area contributed by atoms with Crippen molar-refractivity contribution in [2.24, 2.45) is 0 Å². The van der Waals surface area contributed by atoms with Crippen LogP contribution < -0.4 is 0 Å². The van der Waals surface area contributed by atoms with Gasteiger partial charge in [0, 0.05) is 0 Å². The molecule has 0 amide bonds. The summed E-state index contributed by atoms with van der Waals surface area (Å²) in [6.07, 6.45) is 0.909. The quantitative estimate of drug-likeness (QED) is 0.525. The van der Waals surface area contributed by atoms with Gasteiger partial charge in [0.2, 0.25) is 0 Å². The van der Waals surface area contributed by atoms with Crippen LogP contribution in [0.2, 0.25) is 0 Å². The molecule has 0 aliphatic carbocycles. The van der Waals surface area contributed by atoms with E-state index in [2.05, 4.69) is 45.2 Å². The summed E-state index contributed by atoms with van der Waals surface area (Å²) in [6, 6.07) is 9.77. The maximum Gasteiger partial charge on any atom is 0.190 e. The average Bonchev–Trinajstić information content (AvgIpc) is 2.74. The molecule has 1 aromatic carbocycles. The van der Waals surface area contributed by atoms with Crippen LogP contribution in [0.1, 0.15) is 19.4 Å². The highest BCUT2D eigenvalue weighted by Crippen LogP contribution is 2.31. The Morgan fingerprint density at radius 1 is 1.27 bits per heavy atom. The second kappa shape index (κ2) is 8.18. The van der Waals surface area contributed by atoms with Gasteiger partial charge in [0.05, 0.1) is 8.19 Å². The van der Waals surface area contributed by atoms with Gasteiger partial charge in [-0.05, 0) is 70.7 Å². The van der Waals surface area contributed by atoms with Gasteiger partial charge in [-0.25, -0.2) is 0 Å². The fourth-order valence-corrected chi connectivity index (χ4v) is 2.92. The molecule has 0 bridgehead atoms. The molecule has 120 valence electrons. The number of carbonyl (C=O) groups excluding carboxylic acids is 1. The lowest BCUT2D eigenvalue weighted by atomic mass is 10.1. The molecular weight excluding hydrogens is 510 g/mol. The SMILES string of the molecule is CC1(C)O[C@@H](C=C(I)I)[C@@H](C(=O)COCc2ccccc2)O1. The van der Waals surface area contributed by atoms with E-state index in [1.165, 1.54) is 0 Å². The largest absolute Gasteiger partial charge is 0.369 e. The summed E-state index contributed by atoms with van der Waals surface area (Å²) >= 11 is 4.37. The zero-order chi connectivity index (χ0) is 16.2. The van der Waals surface area contributed by atoms with Crippen molar-refractivity contribution >= 4 is 51.0 Å². The minimum Gasteiger partial charge on any atom is -0.369 e. The Kier molecular flexibility index (Phi) is 6.81. The molecule has 1 fully saturated rings. The second-order valence-electron chi connectivity index (χ2n) is 5.42. The third-order valence-corrected chi connectivity index (χ3v) is 3.81. The van der Waals surface area contributed by atoms with Crippen molar-refractivity contribution in [3.05, 3.63) is 43.6 Å². The van der Waals surface area contributed by atoms with E-state index in [1.807, 2.05) is 50.3 Å². The Balaban J connectivity index is 1.91. The van der Waals surface area contributed by atoms with E-state index in [4.69, 9.17) is 14.2 Å². The average molecular weight is 528 g/mol. The summed E-state index contributed by atoms with van der Waals surface area (Å²) in [4.78, 5) is 12.4. The van der Waals surface area contributed by atoms with Crippen LogP contribution in [0, 0.1) is 0 Å². The van der Waals surface area contributed by atoms with Crippen LogP contribution >= 0.6 is 45.2 Å². The standard InChI is InChI=1S/C16H18I2O4/c1-16(2)21-13(8-14(17)18)15(22-16)12(19)10-20-9-11-6-4-3-5-7-11/h3-8,13,15H,9-10H2,1-2H3/t13-,15+/m0/s1. The first-order valence-corrected chi connectivity index (χ1v) is 9.06. The zero-order valence-electron chi connectivity index (χ0n) is 12.4. The van der Waals surface area contributed by atoms with E-state index in [-0.39, 0.29) is 18.5 Å². The minimum atomic E-state index is -0.760. The lowest BCUT2D eigenvalue weighted by Crippen LogP contribution is -2.33. The predicted octanol–water partition coefficient (Wildman–Crippen LogP) is 4.00. The molecule has 22 heavy (non-hydrogen) atoms. The Hall–Kier alpha value is -0.0300. The van der Waals surface area contributed by atoms with E-state index < -0.39 is 11.9 Å².